The Morgan fingerprint density at radius 2 is 2.04 bits per heavy atom. The van der Waals surface area contributed by atoms with Crippen LogP contribution < -0.4 is 10.1 Å². The number of nitrogens with one attached hydrogen (secondary N) is 1. The van der Waals surface area contributed by atoms with Gasteiger partial charge in [0, 0.05) is 30.9 Å². The van der Waals surface area contributed by atoms with Gasteiger partial charge in [0.2, 0.25) is 0 Å². The van der Waals surface area contributed by atoms with Crippen molar-refractivity contribution in [2.24, 2.45) is 5.92 Å². The first-order chi connectivity index (χ1) is 13.1. The second kappa shape index (κ2) is 8.64. The minimum absolute atomic E-state index is 0.0832. The molecule has 1 aromatic heterocycles. The molecule has 1 aliphatic heterocycles. The number of nitrogens with zero attached hydrogens (tertiary/aromatic N) is 1. The van der Waals surface area contributed by atoms with Crippen molar-refractivity contribution in [2.75, 3.05) is 26.9 Å². The quantitative estimate of drug-likeness (QED) is 0.811. The zero-order chi connectivity index (χ0) is 19.2. The molecular weight excluding hydrogens is 348 g/mol. The van der Waals surface area contributed by atoms with Crippen molar-refractivity contribution in [2.45, 2.75) is 12.8 Å². The number of hydrogen-bond donors (Lipinski definition) is 2. The number of carboxylic acids is 1. The summed E-state index contributed by atoms with van der Waals surface area (Å²) in [6, 6.07) is 9.87. The van der Waals surface area contributed by atoms with Crippen LogP contribution in [0.3, 0.4) is 0 Å². The summed E-state index contributed by atoms with van der Waals surface area (Å²) < 4.78 is 10.6. The predicted molar refractivity (Wildman–Crippen MR) is 99.1 cm³/mol. The predicted octanol–water partition coefficient (Wildman–Crippen LogP) is 2.61. The van der Waals surface area contributed by atoms with Crippen LogP contribution in [0.5, 0.6) is 5.75 Å². The first kappa shape index (κ1) is 18.8. The smallest absolute Gasteiger partial charge is 0.354 e. The van der Waals surface area contributed by atoms with E-state index < -0.39 is 5.97 Å². The van der Waals surface area contributed by atoms with E-state index in [0.29, 0.717) is 35.0 Å². The molecule has 142 valence electrons. The van der Waals surface area contributed by atoms with E-state index in [1.54, 1.807) is 30.3 Å². The molecule has 2 aromatic rings. The second-order valence-corrected chi connectivity index (χ2v) is 6.40. The third-order valence-electron chi connectivity index (χ3n) is 4.59. The Balaban J connectivity index is 1.79. The van der Waals surface area contributed by atoms with Crippen molar-refractivity contribution in [3.05, 3.63) is 47.7 Å². The second-order valence-electron chi connectivity index (χ2n) is 6.40. The Morgan fingerprint density at radius 3 is 2.74 bits per heavy atom. The Hall–Kier alpha value is -2.93. The van der Waals surface area contributed by atoms with Crippen molar-refractivity contribution in [1.29, 1.82) is 0 Å². The number of carbonyl (C=O) groups is 2. The fourth-order valence-corrected chi connectivity index (χ4v) is 3.03. The number of methoxy groups -OCH3 is 1. The summed E-state index contributed by atoms with van der Waals surface area (Å²) in [7, 11) is 1.49. The van der Waals surface area contributed by atoms with E-state index in [1.165, 1.54) is 13.2 Å². The number of benzene rings is 1. The Kier molecular flexibility index (Phi) is 6.03. The van der Waals surface area contributed by atoms with Gasteiger partial charge in [0.05, 0.1) is 7.11 Å². The molecule has 0 bridgehead atoms. The first-order valence-corrected chi connectivity index (χ1v) is 8.83. The van der Waals surface area contributed by atoms with Crippen LogP contribution in [0, 0.1) is 5.92 Å². The maximum Gasteiger partial charge on any atom is 0.354 e. The van der Waals surface area contributed by atoms with E-state index in [4.69, 9.17) is 9.47 Å². The largest absolute Gasteiger partial charge is 0.494 e. The molecule has 0 saturated carbocycles. The lowest BCUT2D eigenvalue weighted by atomic mass is 10.00. The van der Waals surface area contributed by atoms with Crippen LogP contribution in [0.2, 0.25) is 0 Å². The SMILES string of the molecule is COc1ccc(C(=O)O)nc1-c1cccc(C(=O)NCC2CCOCC2)c1. The van der Waals surface area contributed by atoms with Crippen molar-refractivity contribution < 1.29 is 24.2 Å². The molecule has 0 spiro atoms. The molecule has 0 atom stereocenters. The lowest BCUT2D eigenvalue weighted by molar-refractivity contribution is 0.0642. The standard InChI is InChI=1S/C20H22N2O5/c1-26-17-6-5-16(20(24)25)22-18(17)14-3-2-4-15(11-14)19(23)21-12-13-7-9-27-10-8-13/h2-6,11,13H,7-10,12H2,1H3,(H,21,23)(H,24,25). The highest BCUT2D eigenvalue weighted by Gasteiger charge is 2.17. The molecule has 2 N–H and O–H groups in total. The van der Waals surface area contributed by atoms with Crippen LogP contribution in [0.4, 0.5) is 0 Å². The van der Waals surface area contributed by atoms with Crippen molar-refractivity contribution in [3.8, 4) is 17.0 Å². The summed E-state index contributed by atoms with van der Waals surface area (Å²) in [5, 5.41) is 12.1. The zero-order valence-corrected chi connectivity index (χ0v) is 15.1. The fourth-order valence-electron chi connectivity index (χ4n) is 3.03. The van der Waals surface area contributed by atoms with E-state index >= 15 is 0 Å². The molecule has 0 aliphatic carbocycles. The van der Waals surface area contributed by atoms with Gasteiger partial charge in [0.15, 0.2) is 0 Å². The molecule has 3 rings (SSSR count). The first-order valence-electron chi connectivity index (χ1n) is 8.83. The van der Waals surface area contributed by atoms with E-state index in [1.807, 2.05) is 0 Å². The van der Waals surface area contributed by atoms with Crippen molar-refractivity contribution >= 4 is 11.9 Å². The summed E-state index contributed by atoms with van der Waals surface area (Å²) in [6.45, 7) is 2.09. The minimum Gasteiger partial charge on any atom is -0.494 e. The van der Waals surface area contributed by atoms with Gasteiger partial charge < -0.3 is 19.9 Å². The number of aromatic nitrogens is 1. The molecule has 2 heterocycles. The average molecular weight is 370 g/mol. The van der Waals surface area contributed by atoms with Gasteiger partial charge in [-0.25, -0.2) is 9.78 Å². The van der Waals surface area contributed by atoms with Crippen LogP contribution in [0.15, 0.2) is 36.4 Å². The summed E-state index contributed by atoms with van der Waals surface area (Å²) in [4.78, 5) is 27.9. The van der Waals surface area contributed by atoms with Crippen molar-refractivity contribution in [1.82, 2.24) is 10.3 Å². The van der Waals surface area contributed by atoms with Gasteiger partial charge in [0.25, 0.3) is 5.91 Å². The van der Waals surface area contributed by atoms with Gasteiger partial charge in [-0.2, -0.15) is 0 Å². The topological polar surface area (TPSA) is 97.8 Å². The molecule has 0 unspecified atom stereocenters. The van der Waals surface area contributed by atoms with Gasteiger partial charge in [-0.05, 0) is 43.0 Å². The van der Waals surface area contributed by atoms with Crippen LogP contribution >= 0.6 is 0 Å². The van der Waals surface area contributed by atoms with E-state index in [9.17, 15) is 14.7 Å². The van der Waals surface area contributed by atoms with Crippen LogP contribution in [0.25, 0.3) is 11.3 Å². The Bertz CT molecular complexity index is 831. The molecule has 27 heavy (non-hydrogen) atoms. The number of rotatable bonds is 6. The molecule has 1 saturated heterocycles. The monoisotopic (exact) mass is 370 g/mol. The number of amides is 1. The molecule has 7 nitrogen and oxygen atoms in total. The highest BCUT2D eigenvalue weighted by Crippen LogP contribution is 2.29. The molecule has 1 aliphatic rings. The molecule has 1 amide bonds. The highest BCUT2D eigenvalue weighted by atomic mass is 16.5. The van der Waals surface area contributed by atoms with Crippen molar-refractivity contribution in [3.63, 3.8) is 0 Å². The van der Waals surface area contributed by atoms with Gasteiger partial charge in [-0.1, -0.05) is 12.1 Å². The number of ether oxygens (including phenoxy) is 2. The summed E-state index contributed by atoms with van der Waals surface area (Å²) in [5.74, 6) is -0.416. The normalized spacial score (nSPS) is 14.6. The number of hydrogen-bond acceptors (Lipinski definition) is 5. The van der Waals surface area contributed by atoms with Gasteiger partial charge in [0.1, 0.15) is 17.1 Å². The van der Waals surface area contributed by atoms with Crippen LogP contribution in [-0.4, -0.2) is 48.8 Å². The lowest BCUT2D eigenvalue weighted by Crippen LogP contribution is -2.32. The Morgan fingerprint density at radius 1 is 1.26 bits per heavy atom. The third kappa shape index (κ3) is 4.62. The average Bonchev–Trinajstić information content (AvgIpc) is 2.72. The molecule has 1 aromatic carbocycles. The third-order valence-corrected chi connectivity index (χ3v) is 4.59. The van der Waals surface area contributed by atoms with Crippen LogP contribution in [-0.2, 0) is 4.74 Å². The number of carboxylic acid groups (broad SMARTS) is 1. The van der Waals surface area contributed by atoms with Gasteiger partial charge in [-0.3, -0.25) is 4.79 Å². The van der Waals surface area contributed by atoms with E-state index in [2.05, 4.69) is 10.3 Å². The minimum atomic E-state index is -1.12. The number of carbonyl (C=O) groups excluding carboxylic acids is 1. The highest BCUT2D eigenvalue weighted by molar-refractivity contribution is 5.95. The van der Waals surface area contributed by atoms with Gasteiger partial charge in [-0.15, -0.1) is 0 Å². The molecule has 1 fully saturated rings. The number of aromatic carboxylic acids is 1. The summed E-state index contributed by atoms with van der Waals surface area (Å²) in [6.07, 6.45) is 1.90. The van der Waals surface area contributed by atoms with E-state index in [-0.39, 0.29) is 11.6 Å². The lowest BCUT2D eigenvalue weighted by Gasteiger charge is -2.22. The summed E-state index contributed by atoms with van der Waals surface area (Å²) >= 11 is 0. The fraction of sp³-hybridized carbons (Fsp3) is 0.350. The number of pyridine rings is 1. The van der Waals surface area contributed by atoms with Crippen LogP contribution in [0.1, 0.15) is 33.7 Å². The maximum atomic E-state index is 12.5. The molecular formula is C20H22N2O5. The molecule has 7 heteroatoms. The zero-order valence-electron chi connectivity index (χ0n) is 15.1. The maximum absolute atomic E-state index is 12.5. The molecule has 0 radical (unpaired) electrons. The van der Waals surface area contributed by atoms with E-state index in [0.717, 1.165) is 26.1 Å². The Labute approximate surface area is 157 Å². The summed E-state index contributed by atoms with van der Waals surface area (Å²) in [5.41, 5.74) is 1.41. The van der Waals surface area contributed by atoms with Gasteiger partial charge >= 0.3 is 5.97 Å².